The Labute approximate surface area is 130 Å². The maximum absolute atomic E-state index is 9.94. The quantitative estimate of drug-likeness (QED) is 0.243. The van der Waals surface area contributed by atoms with Crippen LogP contribution in [0.1, 0.15) is 0 Å². The monoisotopic (exact) mass is 342 g/mol. The van der Waals surface area contributed by atoms with Crippen LogP contribution in [0.3, 0.4) is 0 Å². The number of hydrogen-bond acceptors (Lipinski definition) is 11. The number of aliphatic hydroxyl groups excluding tert-OH is 7. The van der Waals surface area contributed by atoms with Crippen molar-refractivity contribution in [3.8, 4) is 0 Å². The van der Waals surface area contributed by atoms with Crippen molar-refractivity contribution >= 4 is 0 Å². The second-order valence-corrected chi connectivity index (χ2v) is 5.62. The third-order valence-corrected chi connectivity index (χ3v) is 4.05. The minimum absolute atomic E-state index is 0.454. The van der Waals surface area contributed by atoms with E-state index >= 15 is 0 Å². The van der Waals surface area contributed by atoms with Gasteiger partial charge < -0.3 is 55.1 Å². The summed E-state index contributed by atoms with van der Waals surface area (Å²) in [6, 6.07) is 0. The molecule has 0 amide bonds. The molecule has 2 fully saturated rings. The fraction of sp³-hybridized carbons (Fsp3) is 1.00. The van der Waals surface area contributed by atoms with Crippen molar-refractivity contribution in [2.24, 2.45) is 0 Å². The SMILES string of the molecule is OCC1O[C@H](O[C@@H]2CO[C@](O)(CO)C(O)C2O)C(O)C(O)[C@@H]1O. The molecule has 0 saturated carbocycles. The first-order valence-corrected chi connectivity index (χ1v) is 7.04. The molecule has 0 radical (unpaired) electrons. The van der Waals surface area contributed by atoms with Gasteiger partial charge in [0.15, 0.2) is 6.29 Å². The molecule has 0 aromatic rings. The van der Waals surface area contributed by atoms with Crippen LogP contribution in [0.5, 0.6) is 0 Å². The second kappa shape index (κ2) is 7.21. The molecular weight excluding hydrogens is 320 g/mol. The summed E-state index contributed by atoms with van der Waals surface area (Å²) in [6.07, 6.45) is -12.5. The molecule has 2 aliphatic heterocycles. The fourth-order valence-electron chi connectivity index (χ4n) is 2.49. The molecule has 0 aromatic heterocycles. The Morgan fingerprint density at radius 1 is 0.957 bits per heavy atom. The maximum Gasteiger partial charge on any atom is 0.218 e. The van der Waals surface area contributed by atoms with Crippen LogP contribution >= 0.6 is 0 Å². The molecule has 23 heavy (non-hydrogen) atoms. The molecule has 9 atom stereocenters. The minimum atomic E-state index is -2.35. The van der Waals surface area contributed by atoms with Crippen LogP contribution < -0.4 is 0 Å². The average molecular weight is 342 g/mol. The number of ether oxygens (including phenoxy) is 3. The summed E-state index contributed by atoms with van der Waals surface area (Å²) in [5, 5.41) is 76.6. The van der Waals surface area contributed by atoms with Gasteiger partial charge in [-0.1, -0.05) is 0 Å². The standard InChI is InChI=1S/C12H22O11/c13-1-4-6(15)8(17)9(18)11(22-4)23-5-2-21-12(20,3-14)10(19)7(5)16/h4-11,13-20H,1-3H2/t4?,5-,6-,7?,8?,9?,10?,11-,12-/m1/s1. The molecule has 136 valence electrons. The molecule has 8 N–H and O–H groups in total. The first kappa shape index (κ1) is 18.9. The smallest absolute Gasteiger partial charge is 0.218 e. The first-order valence-electron chi connectivity index (χ1n) is 7.04. The molecule has 0 spiro atoms. The second-order valence-electron chi connectivity index (χ2n) is 5.62. The van der Waals surface area contributed by atoms with Crippen LogP contribution in [0.15, 0.2) is 0 Å². The fourth-order valence-corrected chi connectivity index (χ4v) is 2.49. The van der Waals surface area contributed by atoms with Crippen LogP contribution in [0, 0.1) is 0 Å². The molecule has 2 saturated heterocycles. The maximum atomic E-state index is 9.94. The zero-order valence-corrected chi connectivity index (χ0v) is 12.0. The van der Waals surface area contributed by atoms with Crippen LogP contribution in [-0.2, 0) is 14.2 Å². The van der Waals surface area contributed by atoms with Gasteiger partial charge in [-0.15, -0.1) is 0 Å². The summed E-state index contributed by atoms with van der Waals surface area (Å²) in [6.45, 7) is -2.07. The Balaban J connectivity index is 2.04. The number of rotatable bonds is 4. The molecule has 2 rings (SSSR count). The van der Waals surface area contributed by atoms with Crippen molar-refractivity contribution in [1.29, 1.82) is 0 Å². The number of hydrogen-bond donors (Lipinski definition) is 8. The van der Waals surface area contributed by atoms with E-state index in [0.717, 1.165) is 0 Å². The molecule has 11 nitrogen and oxygen atoms in total. The van der Waals surface area contributed by atoms with E-state index < -0.39 is 74.6 Å². The highest BCUT2D eigenvalue weighted by molar-refractivity contribution is 4.94. The molecule has 0 aromatic carbocycles. The van der Waals surface area contributed by atoms with E-state index in [-0.39, 0.29) is 0 Å². The van der Waals surface area contributed by atoms with Crippen LogP contribution in [0.4, 0.5) is 0 Å². The molecule has 11 heteroatoms. The predicted molar refractivity (Wildman–Crippen MR) is 68.6 cm³/mol. The Bertz CT molecular complexity index is 393. The summed E-state index contributed by atoms with van der Waals surface area (Å²) in [5.41, 5.74) is 0. The highest BCUT2D eigenvalue weighted by Gasteiger charge is 2.51. The summed E-state index contributed by atoms with van der Waals surface area (Å²) in [7, 11) is 0. The lowest BCUT2D eigenvalue weighted by atomic mass is 9.96. The average Bonchev–Trinajstić information content (AvgIpc) is 2.55. The van der Waals surface area contributed by atoms with Gasteiger partial charge in [0, 0.05) is 0 Å². The summed E-state index contributed by atoms with van der Waals surface area (Å²) in [5.74, 6) is -2.35. The molecular formula is C12H22O11. The van der Waals surface area contributed by atoms with Crippen molar-refractivity contribution in [2.75, 3.05) is 19.8 Å². The topological polar surface area (TPSA) is 190 Å². The van der Waals surface area contributed by atoms with E-state index in [0.29, 0.717) is 0 Å². The van der Waals surface area contributed by atoms with Gasteiger partial charge in [-0.3, -0.25) is 0 Å². The normalized spacial score (nSPS) is 51.7. The lowest BCUT2D eigenvalue weighted by Gasteiger charge is -2.45. The van der Waals surface area contributed by atoms with E-state index in [2.05, 4.69) is 0 Å². The van der Waals surface area contributed by atoms with E-state index in [1.54, 1.807) is 0 Å². The third-order valence-electron chi connectivity index (χ3n) is 4.05. The summed E-state index contributed by atoms with van der Waals surface area (Å²) >= 11 is 0. The lowest BCUT2D eigenvalue weighted by Crippen LogP contribution is -2.65. The van der Waals surface area contributed by atoms with Crippen LogP contribution in [0.25, 0.3) is 0 Å². The van der Waals surface area contributed by atoms with Gasteiger partial charge in [0.1, 0.15) is 42.7 Å². The summed E-state index contributed by atoms with van der Waals surface area (Å²) in [4.78, 5) is 0. The van der Waals surface area contributed by atoms with Gasteiger partial charge in [0.25, 0.3) is 0 Å². The molecule has 2 aliphatic rings. The number of aliphatic hydroxyl groups is 8. The highest BCUT2D eigenvalue weighted by Crippen LogP contribution is 2.29. The Hall–Kier alpha value is -0.440. The van der Waals surface area contributed by atoms with Gasteiger partial charge in [0.05, 0.1) is 19.8 Å². The highest BCUT2D eigenvalue weighted by atomic mass is 16.7. The third kappa shape index (κ3) is 3.50. The van der Waals surface area contributed by atoms with Gasteiger partial charge in [0.2, 0.25) is 5.79 Å². The van der Waals surface area contributed by atoms with E-state index in [1.807, 2.05) is 0 Å². The Morgan fingerprint density at radius 3 is 2.17 bits per heavy atom. The minimum Gasteiger partial charge on any atom is -0.394 e. The first-order chi connectivity index (χ1) is 10.7. The van der Waals surface area contributed by atoms with Gasteiger partial charge in [-0.05, 0) is 0 Å². The molecule has 2 heterocycles. The Morgan fingerprint density at radius 2 is 1.61 bits per heavy atom. The van der Waals surface area contributed by atoms with Crippen molar-refractivity contribution in [1.82, 2.24) is 0 Å². The Kier molecular flexibility index (Phi) is 5.92. The van der Waals surface area contributed by atoms with E-state index in [4.69, 9.17) is 24.4 Å². The molecule has 5 unspecified atom stereocenters. The van der Waals surface area contributed by atoms with E-state index in [1.165, 1.54) is 0 Å². The van der Waals surface area contributed by atoms with Crippen molar-refractivity contribution in [3.63, 3.8) is 0 Å². The van der Waals surface area contributed by atoms with Gasteiger partial charge in [-0.2, -0.15) is 0 Å². The van der Waals surface area contributed by atoms with Crippen molar-refractivity contribution in [3.05, 3.63) is 0 Å². The van der Waals surface area contributed by atoms with Crippen LogP contribution in [0.2, 0.25) is 0 Å². The van der Waals surface area contributed by atoms with Gasteiger partial charge >= 0.3 is 0 Å². The summed E-state index contributed by atoms with van der Waals surface area (Å²) < 4.78 is 15.2. The van der Waals surface area contributed by atoms with E-state index in [9.17, 15) is 30.6 Å². The molecule has 0 aliphatic carbocycles. The zero-order valence-electron chi connectivity index (χ0n) is 12.0. The lowest BCUT2D eigenvalue weighted by molar-refractivity contribution is -0.367. The van der Waals surface area contributed by atoms with Crippen molar-refractivity contribution in [2.45, 2.75) is 54.8 Å². The molecule has 0 bridgehead atoms. The predicted octanol–water partition coefficient (Wildman–Crippen LogP) is -5.40. The van der Waals surface area contributed by atoms with Crippen molar-refractivity contribution < 1.29 is 55.1 Å². The van der Waals surface area contributed by atoms with Crippen LogP contribution in [-0.4, -0.2) is 115 Å². The largest absolute Gasteiger partial charge is 0.394 e. The van der Waals surface area contributed by atoms with Gasteiger partial charge in [-0.25, -0.2) is 0 Å². The zero-order chi connectivity index (χ0) is 17.4.